The molecule has 7 heteroatoms. The zero-order valence-corrected chi connectivity index (χ0v) is 13.8. The van der Waals surface area contributed by atoms with Crippen LogP contribution in [0.25, 0.3) is 0 Å². The molecule has 0 atom stereocenters. The maximum atomic E-state index is 13.7. The molecule has 0 fully saturated rings. The molecule has 0 aliphatic carbocycles. The van der Waals surface area contributed by atoms with Crippen molar-refractivity contribution in [2.24, 2.45) is 0 Å². The first kappa shape index (κ1) is 15.8. The van der Waals surface area contributed by atoms with Crippen molar-refractivity contribution in [3.63, 3.8) is 0 Å². The standard InChI is InChI=1S/C14H14BrFN2O2S/c1-8-3-4-11(15)13(5-8)18-21(19,20)14-7-10(17)6-12(16)9(14)2/h3-7,18H,17H2,1-2H3. The number of benzene rings is 2. The number of nitrogen functional groups attached to an aromatic ring is 1. The fourth-order valence-corrected chi connectivity index (χ4v) is 3.71. The van der Waals surface area contributed by atoms with E-state index >= 15 is 0 Å². The van der Waals surface area contributed by atoms with Gasteiger partial charge in [-0.15, -0.1) is 0 Å². The van der Waals surface area contributed by atoms with Crippen molar-refractivity contribution in [1.29, 1.82) is 0 Å². The van der Waals surface area contributed by atoms with Crippen molar-refractivity contribution in [3.05, 3.63) is 51.7 Å². The van der Waals surface area contributed by atoms with Crippen molar-refractivity contribution in [2.75, 3.05) is 10.5 Å². The van der Waals surface area contributed by atoms with Crippen LogP contribution in [0.2, 0.25) is 0 Å². The summed E-state index contributed by atoms with van der Waals surface area (Å²) in [6.45, 7) is 3.24. The van der Waals surface area contributed by atoms with Crippen LogP contribution in [-0.4, -0.2) is 8.42 Å². The third-order valence-electron chi connectivity index (χ3n) is 2.97. The van der Waals surface area contributed by atoms with Gasteiger partial charge in [-0.1, -0.05) is 6.07 Å². The first-order chi connectivity index (χ1) is 9.70. The van der Waals surface area contributed by atoms with E-state index in [4.69, 9.17) is 5.73 Å². The van der Waals surface area contributed by atoms with Gasteiger partial charge in [0, 0.05) is 15.7 Å². The molecule has 2 aromatic rings. The van der Waals surface area contributed by atoms with Crippen molar-refractivity contribution >= 4 is 37.3 Å². The van der Waals surface area contributed by atoms with Crippen molar-refractivity contribution in [2.45, 2.75) is 18.7 Å². The molecule has 0 radical (unpaired) electrons. The van der Waals surface area contributed by atoms with Crippen LogP contribution < -0.4 is 10.5 Å². The highest BCUT2D eigenvalue weighted by atomic mass is 79.9. The highest BCUT2D eigenvalue weighted by Crippen LogP contribution is 2.28. The summed E-state index contributed by atoms with van der Waals surface area (Å²) in [6.07, 6.45) is 0. The van der Waals surface area contributed by atoms with E-state index in [1.807, 2.05) is 13.0 Å². The highest BCUT2D eigenvalue weighted by Gasteiger charge is 2.21. The zero-order valence-electron chi connectivity index (χ0n) is 11.4. The lowest BCUT2D eigenvalue weighted by atomic mass is 10.2. The van der Waals surface area contributed by atoms with Crippen LogP contribution in [0.15, 0.2) is 39.7 Å². The molecule has 2 rings (SSSR count). The third kappa shape index (κ3) is 3.36. The number of halogens is 2. The van der Waals surface area contributed by atoms with Crippen LogP contribution in [0.3, 0.4) is 0 Å². The van der Waals surface area contributed by atoms with Crippen molar-refractivity contribution < 1.29 is 12.8 Å². The Morgan fingerprint density at radius 1 is 1.19 bits per heavy atom. The molecule has 0 unspecified atom stereocenters. The van der Waals surface area contributed by atoms with Gasteiger partial charge in [-0.2, -0.15) is 0 Å². The van der Waals surface area contributed by atoms with Gasteiger partial charge in [0.1, 0.15) is 5.82 Å². The highest BCUT2D eigenvalue weighted by molar-refractivity contribution is 9.10. The molecule has 2 aromatic carbocycles. The topological polar surface area (TPSA) is 72.2 Å². The summed E-state index contributed by atoms with van der Waals surface area (Å²) in [5.74, 6) is -0.654. The Labute approximate surface area is 131 Å². The molecular weight excluding hydrogens is 359 g/mol. The van der Waals surface area contributed by atoms with E-state index in [2.05, 4.69) is 20.7 Å². The summed E-state index contributed by atoms with van der Waals surface area (Å²) in [6, 6.07) is 7.59. The van der Waals surface area contributed by atoms with Gasteiger partial charge >= 0.3 is 0 Å². The predicted molar refractivity (Wildman–Crippen MR) is 85.2 cm³/mol. The van der Waals surface area contributed by atoms with Crippen LogP contribution in [0.1, 0.15) is 11.1 Å². The fraction of sp³-hybridized carbons (Fsp3) is 0.143. The molecule has 0 aliphatic heterocycles. The summed E-state index contributed by atoms with van der Waals surface area (Å²) < 4.78 is 41.6. The van der Waals surface area contributed by atoms with Crippen LogP contribution in [0.4, 0.5) is 15.8 Å². The smallest absolute Gasteiger partial charge is 0.262 e. The molecule has 0 saturated heterocycles. The largest absolute Gasteiger partial charge is 0.399 e. The van der Waals surface area contributed by atoms with Gasteiger partial charge in [0.25, 0.3) is 10.0 Å². The Bertz CT molecular complexity index is 807. The number of nitrogens with two attached hydrogens (primary N) is 1. The van der Waals surface area contributed by atoms with Crippen LogP contribution in [0, 0.1) is 19.7 Å². The second-order valence-corrected chi connectivity index (χ2v) is 7.22. The third-order valence-corrected chi connectivity index (χ3v) is 5.16. The van der Waals surface area contributed by atoms with Crippen molar-refractivity contribution in [1.82, 2.24) is 0 Å². The summed E-state index contributed by atoms with van der Waals surface area (Å²) in [5.41, 5.74) is 6.90. The number of hydrogen-bond donors (Lipinski definition) is 2. The second kappa shape index (κ2) is 5.65. The molecule has 0 aliphatic rings. The molecule has 3 N–H and O–H groups in total. The van der Waals surface area contributed by atoms with Gasteiger partial charge in [-0.3, -0.25) is 4.72 Å². The van der Waals surface area contributed by atoms with Gasteiger partial charge in [0.05, 0.1) is 10.6 Å². The molecule has 0 saturated carbocycles. The average Bonchev–Trinajstić information content (AvgIpc) is 2.37. The maximum absolute atomic E-state index is 13.7. The van der Waals surface area contributed by atoms with E-state index in [0.29, 0.717) is 10.2 Å². The van der Waals surface area contributed by atoms with E-state index in [-0.39, 0.29) is 16.1 Å². The molecule has 21 heavy (non-hydrogen) atoms. The molecule has 0 heterocycles. The van der Waals surface area contributed by atoms with Gasteiger partial charge in [0.15, 0.2) is 0 Å². The number of aryl methyl sites for hydroxylation is 1. The average molecular weight is 373 g/mol. The molecular formula is C14H14BrFN2O2S. The minimum absolute atomic E-state index is 0.0282. The Hall–Kier alpha value is -1.60. The Kier molecular flexibility index (Phi) is 4.25. The second-order valence-electron chi connectivity index (χ2n) is 4.71. The quantitative estimate of drug-likeness (QED) is 0.808. The van der Waals surface area contributed by atoms with E-state index < -0.39 is 15.8 Å². The lowest BCUT2D eigenvalue weighted by Crippen LogP contribution is -2.16. The van der Waals surface area contributed by atoms with Crippen LogP contribution in [0.5, 0.6) is 0 Å². The van der Waals surface area contributed by atoms with Gasteiger partial charge < -0.3 is 5.73 Å². The Morgan fingerprint density at radius 3 is 2.52 bits per heavy atom. The maximum Gasteiger partial charge on any atom is 0.262 e. The van der Waals surface area contributed by atoms with E-state index in [0.717, 1.165) is 11.6 Å². The molecule has 0 bridgehead atoms. The molecule has 0 spiro atoms. The molecule has 0 aromatic heterocycles. The van der Waals surface area contributed by atoms with E-state index in [9.17, 15) is 12.8 Å². The number of nitrogens with one attached hydrogen (secondary N) is 1. The minimum Gasteiger partial charge on any atom is -0.399 e. The first-order valence-corrected chi connectivity index (χ1v) is 8.33. The first-order valence-electron chi connectivity index (χ1n) is 6.05. The number of hydrogen-bond acceptors (Lipinski definition) is 3. The monoisotopic (exact) mass is 372 g/mol. The summed E-state index contributed by atoms with van der Waals surface area (Å²) in [5, 5.41) is 0. The molecule has 112 valence electrons. The lowest BCUT2D eigenvalue weighted by Gasteiger charge is -2.13. The summed E-state index contributed by atoms with van der Waals surface area (Å²) in [7, 11) is -3.93. The minimum atomic E-state index is -3.93. The van der Waals surface area contributed by atoms with Crippen LogP contribution >= 0.6 is 15.9 Å². The van der Waals surface area contributed by atoms with Gasteiger partial charge in [-0.05, 0) is 59.6 Å². The number of rotatable bonds is 3. The van der Waals surface area contributed by atoms with Gasteiger partial charge in [-0.25, -0.2) is 12.8 Å². The van der Waals surface area contributed by atoms with E-state index in [1.165, 1.54) is 13.0 Å². The van der Waals surface area contributed by atoms with Crippen molar-refractivity contribution in [3.8, 4) is 0 Å². The molecule has 0 amide bonds. The number of sulfonamides is 1. The zero-order chi connectivity index (χ0) is 15.8. The summed E-state index contributed by atoms with van der Waals surface area (Å²) in [4.78, 5) is -0.173. The lowest BCUT2D eigenvalue weighted by molar-refractivity contribution is 0.591. The Morgan fingerprint density at radius 2 is 1.86 bits per heavy atom. The van der Waals surface area contributed by atoms with E-state index in [1.54, 1.807) is 12.1 Å². The summed E-state index contributed by atoms with van der Waals surface area (Å²) >= 11 is 3.28. The normalized spacial score (nSPS) is 11.4. The SMILES string of the molecule is Cc1ccc(Br)c(NS(=O)(=O)c2cc(N)cc(F)c2C)c1. The van der Waals surface area contributed by atoms with Crippen LogP contribution in [-0.2, 0) is 10.0 Å². The number of anilines is 2. The molecule has 4 nitrogen and oxygen atoms in total. The van der Waals surface area contributed by atoms with Gasteiger partial charge in [0.2, 0.25) is 0 Å². The predicted octanol–water partition coefficient (Wildman–Crippen LogP) is 3.59. The fourth-order valence-electron chi connectivity index (χ4n) is 1.87. The Balaban J connectivity index is 2.51.